The zero-order chi connectivity index (χ0) is 26.4. The number of carbonyl (C=O) groups is 1. The van der Waals surface area contributed by atoms with Gasteiger partial charge in [-0.15, -0.1) is 11.3 Å². The maximum absolute atomic E-state index is 13.7. The van der Waals surface area contributed by atoms with Crippen molar-refractivity contribution in [2.75, 3.05) is 5.32 Å². The van der Waals surface area contributed by atoms with Gasteiger partial charge in [-0.2, -0.15) is 9.49 Å². The van der Waals surface area contributed by atoms with E-state index < -0.39 is 0 Å². The van der Waals surface area contributed by atoms with Gasteiger partial charge in [0.05, 0.1) is 23.3 Å². The Morgan fingerprint density at radius 1 is 1.03 bits per heavy atom. The molecule has 7 nitrogen and oxygen atoms in total. The van der Waals surface area contributed by atoms with E-state index in [1.54, 1.807) is 24.7 Å². The number of carbonyl (C=O) groups excluding carboxylic acids is 1. The van der Waals surface area contributed by atoms with Crippen LogP contribution in [0, 0.1) is 10.5 Å². The summed E-state index contributed by atoms with van der Waals surface area (Å²) in [5.74, 6) is -0.0504. The van der Waals surface area contributed by atoms with Gasteiger partial charge in [-0.25, -0.2) is 4.98 Å². The van der Waals surface area contributed by atoms with E-state index in [0.29, 0.717) is 17.8 Å². The zero-order valence-corrected chi connectivity index (χ0v) is 21.9. The molecule has 0 saturated heterocycles. The number of hydrogen-bond acceptors (Lipinski definition) is 5. The van der Waals surface area contributed by atoms with Crippen molar-refractivity contribution in [3.05, 3.63) is 72.3 Å². The Morgan fingerprint density at radius 2 is 1.87 bits per heavy atom. The van der Waals surface area contributed by atoms with Crippen LogP contribution in [-0.2, 0) is 4.79 Å². The van der Waals surface area contributed by atoms with E-state index in [-0.39, 0.29) is 16.5 Å². The Hall–Kier alpha value is -4.37. The minimum atomic E-state index is -0.210. The molecule has 6 rings (SSSR count). The fourth-order valence-electron chi connectivity index (χ4n) is 4.58. The van der Waals surface area contributed by atoms with Crippen LogP contribution >= 0.6 is 11.3 Å². The number of aromatic nitrogens is 5. The van der Waals surface area contributed by atoms with Crippen molar-refractivity contribution in [3.63, 3.8) is 0 Å². The van der Waals surface area contributed by atoms with Gasteiger partial charge in [0.2, 0.25) is 5.91 Å². The van der Waals surface area contributed by atoms with Gasteiger partial charge in [0.1, 0.15) is 0 Å². The lowest BCUT2D eigenvalue weighted by molar-refractivity contribution is -0.117. The van der Waals surface area contributed by atoms with E-state index in [1.807, 2.05) is 51.1 Å². The number of pyridine rings is 2. The Kier molecular flexibility index (Phi) is 5.80. The first-order chi connectivity index (χ1) is 18.2. The molecule has 0 spiro atoms. The largest absolute Gasteiger partial charge is 0.353 e. The Bertz CT molecular complexity index is 1810. The summed E-state index contributed by atoms with van der Waals surface area (Å²) in [7, 11) is 0. The average molecular weight is 525 g/mol. The van der Waals surface area contributed by atoms with Gasteiger partial charge >= 0.3 is 0 Å². The smallest absolute Gasteiger partial charge is 0.224 e. The van der Waals surface area contributed by atoms with Crippen molar-refractivity contribution in [2.24, 2.45) is 5.41 Å². The molecular formula is C29H25FN6OS. The molecule has 0 aliphatic rings. The van der Waals surface area contributed by atoms with E-state index in [4.69, 9.17) is 0 Å². The van der Waals surface area contributed by atoms with Gasteiger partial charge in [0.15, 0.2) is 10.8 Å². The highest BCUT2D eigenvalue weighted by atomic mass is 32.1. The van der Waals surface area contributed by atoms with Crippen LogP contribution in [0.3, 0.4) is 0 Å². The molecule has 1 aromatic carbocycles. The second-order valence-electron chi connectivity index (χ2n) is 10.5. The number of nitrogens with one attached hydrogen (secondary N) is 3. The third-order valence-electron chi connectivity index (χ3n) is 6.23. The van der Waals surface area contributed by atoms with Crippen LogP contribution in [0.2, 0.25) is 0 Å². The highest BCUT2D eigenvalue weighted by Gasteiger charge is 2.17. The Balaban J connectivity index is 1.36. The highest BCUT2D eigenvalue weighted by molar-refractivity contribution is 7.14. The van der Waals surface area contributed by atoms with Gasteiger partial charge in [-0.3, -0.25) is 14.9 Å². The van der Waals surface area contributed by atoms with Crippen LogP contribution in [0.5, 0.6) is 0 Å². The van der Waals surface area contributed by atoms with Crippen molar-refractivity contribution in [3.8, 4) is 33.0 Å². The normalized spacial score (nSPS) is 11.9. The molecule has 5 aromatic heterocycles. The van der Waals surface area contributed by atoms with Crippen LogP contribution < -0.4 is 5.32 Å². The standard InChI is InChI=1S/C29H25FN6OS/c1-29(2,3)12-26(37)33-18-9-16(13-31-15-18)17-10-21-27(35-36-28(21)32-14-17)23-11-20-19(5-4-6-22(20)34-23)24-7-8-25(30)38-24/h4-11,13-15,34H,12H2,1-3H3,(H,33,37)(H,32,35,36). The Morgan fingerprint density at radius 3 is 2.66 bits per heavy atom. The summed E-state index contributed by atoms with van der Waals surface area (Å²) in [6, 6.07) is 15.2. The van der Waals surface area contributed by atoms with Crippen molar-refractivity contribution in [1.29, 1.82) is 0 Å². The van der Waals surface area contributed by atoms with Gasteiger partial charge < -0.3 is 10.3 Å². The SMILES string of the molecule is CC(C)(C)CC(=O)Nc1cncc(-c2cnc3n[nH]c(-c4cc5c(-c6ccc(F)s6)cccc5[nH]4)c3c2)c1. The van der Waals surface area contributed by atoms with Crippen molar-refractivity contribution >= 4 is 44.9 Å². The summed E-state index contributed by atoms with van der Waals surface area (Å²) in [4.78, 5) is 25.6. The molecule has 0 aliphatic carbocycles. The molecule has 9 heteroatoms. The van der Waals surface area contributed by atoms with Crippen LogP contribution in [0.15, 0.2) is 67.1 Å². The predicted molar refractivity (Wildman–Crippen MR) is 150 cm³/mol. The summed E-state index contributed by atoms with van der Waals surface area (Å²) in [6.45, 7) is 6.09. The van der Waals surface area contributed by atoms with Gasteiger partial charge in [-0.05, 0) is 41.8 Å². The number of hydrogen-bond donors (Lipinski definition) is 3. The number of benzene rings is 1. The molecule has 1 amide bonds. The molecule has 0 aliphatic heterocycles. The van der Waals surface area contributed by atoms with Gasteiger partial charge in [0.25, 0.3) is 0 Å². The van der Waals surface area contributed by atoms with E-state index in [2.05, 4.69) is 36.5 Å². The number of anilines is 1. The molecular weight excluding hydrogens is 499 g/mol. The molecule has 0 saturated carbocycles. The number of amides is 1. The lowest BCUT2D eigenvalue weighted by Gasteiger charge is -2.17. The summed E-state index contributed by atoms with van der Waals surface area (Å²) >= 11 is 1.13. The molecule has 0 fully saturated rings. The molecule has 0 unspecified atom stereocenters. The maximum Gasteiger partial charge on any atom is 0.224 e. The summed E-state index contributed by atoms with van der Waals surface area (Å²) in [5, 5.41) is 12.1. The lowest BCUT2D eigenvalue weighted by atomic mass is 9.92. The maximum atomic E-state index is 13.7. The molecule has 0 bridgehead atoms. The number of rotatable bonds is 5. The summed E-state index contributed by atoms with van der Waals surface area (Å²) in [5.41, 5.74) is 6.38. The first-order valence-corrected chi connectivity index (χ1v) is 13.0. The second kappa shape index (κ2) is 9.18. The molecule has 0 atom stereocenters. The van der Waals surface area contributed by atoms with Crippen LogP contribution in [-0.4, -0.2) is 31.1 Å². The molecule has 190 valence electrons. The lowest BCUT2D eigenvalue weighted by Crippen LogP contribution is -2.19. The average Bonchev–Trinajstić information content (AvgIpc) is 3.60. The van der Waals surface area contributed by atoms with E-state index in [1.165, 1.54) is 6.07 Å². The third-order valence-corrected chi connectivity index (χ3v) is 7.13. The van der Waals surface area contributed by atoms with Crippen LogP contribution in [0.4, 0.5) is 10.1 Å². The van der Waals surface area contributed by atoms with Crippen molar-refractivity contribution < 1.29 is 9.18 Å². The summed E-state index contributed by atoms with van der Waals surface area (Å²) < 4.78 is 13.7. The third kappa shape index (κ3) is 4.68. The number of thiophene rings is 1. The van der Waals surface area contributed by atoms with Crippen molar-refractivity contribution in [2.45, 2.75) is 27.2 Å². The summed E-state index contributed by atoms with van der Waals surface area (Å²) in [6.07, 6.45) is 5.55. The first-order valence-electron chi connectivity index (χ1n) is 12.2. The second-order valence-corrected chi connectivity index (χ2v) is 11.5. The molecule has 5 heterocycles. The molecule has 0 radical (unpaired) electrons. The fourth-order valence-corrected chi connectivity index (χ4v) is 5.35. The molecule has 3 N–H and O–H groups in total. The fraction of sp³-hybridized carbons (Fsp3) is 0.172. The Labute approximate surface area is 222 Å². The number of aromatic amines is 2. The molecule has 38 heavy (non-hydrogen) atoms. The topological polar surface area (TPSA) is 99.3 Å². The van der Waals surface area contributed by atoms with Crippen LogP contribution in [0.25, 0.3) is 54.9 Å². The quantitative estimate of drug-likeness (QED) is 0.219. The van der Waals surface area contributed by atoms with Gasteiger partial charge in [-0.1, -0.05) is 32.9 Å². The number of H-pyrrole nitrogens is 2. The van der Waals surface area contributed by atoms with Gasteiger partial charge in [0, 0.05) is 56.7 Å². The highest BCUT2D eigenvalue weighted by Crippen LogP contribution is 2.37. The minimum Gasteiger partial charge on any atom is -0.353 e. The first kappa shape index (κ1) is 24.0. The number of nitrogens with zero attached hydrogens (tertiary/aromatic N) is 3. The zero-order valence-electron chi connectivity index (χ0n) is 21.1. The van der Waals surface area contributed by atoms with E-state index in [9.17, 15) is 9.18 Å². The minimum absolute atomic E-state index is 0.0504. The van der Waals surface area contributed by atoms with E-state index >= 15 is 0 Å². The molecule has 6 aromatic rings. The van der Waals surface area contributed by atoms with Crippen molar-refractivity contribution in [1.82, 2.24) is 25.1 Å². The monoisotopic (exact) mass is 524 g/mol. The van der Waals surface area contributed by atoms with Crippen LogP contribution in [0.1, 0.15) is 27.2 Å². The number of halogens is 1. The number of fused-ring (bicyclic) bond motifs is 2. The predicted octanol–water partition coefficient (Wildman–Crippen LogP) is 7.41. The van der Waals surface area contributed by atoms with E-state index in [0.717, 1.165) is 60.6 Å².